The summed E-state index contributed by atoms with van der Waals surface area (Å²) in [7, 11) is -2.03. The molecule has 0 radical (unpaired) electrons. The maximum absolute atomic E-state index is 12.7. The molecule has 3 aromatic carbocycles. The van der Waals surface area contributed by atoms with E-state index in [1.54, 1.807) is 78.9 Å². The Balaban J connectivity index is 1.66. The number of amides is 2. The van der Waals surface area contributed by atoms with Gasteiger partial charge in [0.25, 0.3) is 5.91 Å². The molecule has 0 aromatic heterocycles. The van der Waals surface area contributed by atoms with Crippen LogP contribution in [0, 0.1) is 0 Å². The Morgan fingerprint density at radius 1 is 0.818 bits per heavy atom. The van der Waals surface area contributed by atoms with Gasteiger partial charge in [0.1, 0.15) is 6.61 Å². The molecule has 0 heterocycles. The Bertz CT molecular complexity index is 1210. The summed E-state index contributed by atoms with van der Waals surface area (Å²) in [6.45, 7) is 0.407. The molecule has 8 nitrogen and oxygen atoms in total. The van der Waals surface area contributed by atoms with E-state index in [0.717, 1.165) is 0 Å². The van der Waals surface area contributed by atoms with Crippen LogP contribution in [0.25, 0.3) is 0 Å². The average molecular weight is 469 g/mol. The predicted molar refractivity (Wildman–Crippen MR) is 125 cm³/mol. The molecular formula is C24H24N2O6S. The Morgan fingerprint density at radius 3 is 2.24 bits per heavy atom. The van der Waals surface area contributed by atoms with Crippen molar-refractivity contribution in [2.24, 2.45) is 0 Å². The number of ether oxygens (including phenoxy) is 2. The lowest BCUT2D eigenvalue weighted by atomic mass is 10.1. The minimum Gasteiger partial charge on any atom is -0.447 e. The highest BCUT2D eigenvalue weighted by molar-refractivity contribution is 7.90. The largest absolute Gasteiger partial charge is 0.447 e. The molecule has 0 bridgehead atoms. The van der Waals surface area contributed by atoms with Crippen molar-refractivity contribution >= 4 is 33.2 Å². The average Bonchev–Trinajstić information content (AvgIpc) is 2.80. The molecular weight excluding hydrogens is 444 g/mol. The molecule has 0 aliphatic carbocycles. The molecule has 0 saturated carbocycles. The molecule has 2 N–H and O–H groups in total. The van der Waals surface area contributed by atoms with E-state index in [1.165, 1.54) is 7.11 Å². The number of rotatable bonds is 9. The molecule has 0 saturated heterocycles. The molecule has 0 spiro atoms. The van der Waals surface area contributed by atoms with Gasteiger partial charge in [0.15, 0.2) is 9.84 Å². The van der Waals surface area contributed by atoms with Crippen LogP contribution in [0.3, 0.4) is 0 Å². The van der Waals surface area contributed by atoms with Gasteiger partial charge in [-0.3, -0.25) is 10.1 Å². The van der Waals surface area contributed by atoms with E-state index in [1.807, 2.05) is 0 Å². The quantitative estimate of drug-likeness (QED) is 0.457. The standard InChI is InChI=1S/C24H24N2O6S/c1-31-13-14-32-24(28)26-21-10-6-9-20(16-21)25-23(27)19-8-5-7-18(15-19)17-33(29,30)22-11-3-2-4-12-22/h2-12,15-16H,13-14,17H2,1H3,(H,25,27)(H,26,28). The van der Waals surface area contributed by atoms with Crippen LogP contribution in [0.5, 0.6) is 0 Å². The molecule has 3 rings (SSSR count). The Morgan fingerprint density at radius 2 is 1.52 bits per heavy atom. The normalized spacial score (nSPS) is 10.9. The number of anilines is 2. The summed E-state index contributed by atoms with van der Waals surface area (Å²) in [5.74, 6) is -0.628. The number of nitrogens with one attached hydrogen (secondary N) is 2. The van der Waals surface area contributed by atoms with Gasteiger partial charge >= 0.3 is 6.09 Å². The summed E-state index contributed by atoms with van der Waals surface area (Å²) < 4.78 is 35.0. The first-order valence-corrected chi connectivity index (χ1v) is 11.7. The van der Waals surface area contributed by atoms with Crippen LogP contribution < -0.4 is 10.6 Å². The molecule has 3 aromatic rings. The van der Waals surface area contributed by atoms with E-state index in [0.29, 0.717) is 22.5 Å². The minimum absolute atomic E-state index is 0.120. The SMILES string of the molecule is COCCOC(=O)Nc1cccc(NC(=O)c2cccc(CS(=O)(=O)c3ccccc3)c2)c1. The van der Waals surface area contributed by atoms with Crippen LogP contribution >= 0.6 is 0 Å². The van der Waals surface area contributed by atoms with Gasteiger partial charge in [0.2, 0.25) is 0 Å². The van der Waals surface area contributed by atoms with Gasteiger partial charge in [0, 0.05) is 24.0 Å². The Labute approximate surface area is 192 Å². The van der Waals surface area contributed by atoms with Gasteiger partial charge in [-0.1, -0.05) is 36.4 Å². The number of hydrogen-bond donors (Lipinski definition) is 2. The molecule has 2 amide bonds. The molecule has 0 atom stereocenters. The van der Waals surface area contributed by atoms with Gasteiger partial charge < -0.3 is 14.8 Å². The summed E-state index contributed by atoms with van der Waals surface area (Å²) in [5, 5.41) is 5.32. The molecule has 9 heteroatoms. The maximum Gasteiger partial charge on any atom is 0.411 e. The molecule has 33 heavy (non-hydrogen) atoms. The third-order valence-corrected chi connectivity index (χ3v) is 6.24. The summed E-state index contributed by atoms with van der Waals surface area (Å²) in [5.41, 5.74) is 1.71. The van der Waals surface area contributed by atoms with E-state index in [9.17, 15) is 18.0 Å². The number of carbonyl (C=O) groups excluding carboxylic acids is 2. The predicted octanol–water partition coefficient (Wildman–Crippen LogP) is 4.11. The zero-order valence-electron chi connectivity index (χ0n) is 18.0. The van der Waals surface area contributed by atoms with E-state index >= 15 is 0 Å². The third kappa shape index (κ3) is 7.16. The Hall–Kier alpha value is -3.69. The summed E-state index contributed by atoms with van der Waals surface area (Å²) in [4.78, 5) is 24.7. The van der Waals surface area contributed by atoms with E-state index in [2.05, 4.69) is 10.6 Å². The van der Waals surface area contributed by atoms with Crippen molar-refractivity contribution in [3.63, 3.8) is 0 Å². The zero-order chi connectivity index (χ0) is 23.7. The second-order valence-electron chi connectivity index (χ2n) is 7.06. The smallest absolute Gasteiger partial charge is 0.411 e. The highest BCUT2D eigenvalue weighted by atomic mass is 32.2. The number of carbonyl (C=O) groups is 2. The van der Waals surface area contributed by atoms with Gasteiger partial charge in [-0.15, -0.1) is 0 Å². The van der Waals surface area contributed by atoms with Crippen LogP contribution in [-0.4, -0.2) is 40.7 Å². The van der Waals surface area contributed by atoms with Crippen molar-refractivity contribution in [3.8, 4) is 0 Å². The fraction of sp³-hybridized carbons (Fsp3) is 0.167. The minimum atomic E-state index is -3.53. The molecule has 0 aliphatic heterocycles. The maximum atomic E-state index is 12.7. The molecule has 0 fully saturated rings. The summed E-state index contributed by atoms with van der Waals surface area (Å²) >= 11 is 0. The van der Waals surface area contributed by atoms with E-state index in [4.69, 9.17) is 9.47 Å². The van der Waals surface area contributed by atoms with Crippen molar-refractivity contribution in [3.05, 3.63) is 90.0 Å². The van der Waals surface area contributed by atoms with Crippen LogP contribution in [0.4, 0.5) is 16.2 Å². The number of hydrogen-bond acceptors (Lipinski definition) is 6. The van der Waals surface area contributed by atoms with Gasteiger partial charge in [-0.25, -0.2) is 13.2 Å². The topological polar surface area (TPSA) is 111 Å². The van der Waals surface area contributed by atoms with Gasteiger partial charge in [-0.05, 0) is 48.0 Å². The number of sulfone groups is 1. The molecule has 172 valence electrons. The molecule has 0 aliphatic rings. The summed E-state index contributed by atoms with van der Waals surface area (Å²) in [6.07, 6.45) is -0.636. The highest BCUT2D eigenvalue weighted by Crippen LogP contribution is 2.19. The lowest BCUT2D eigenvalue weighted by molar-refractivity contribution is 0.102. The van der Waals surface area contributed by atoms with E-state index in [-0.39, 0.29) is 23.9 Å². The van der Waals surface area contributed by atoms with Crippen molar-refractivity contribution in [2.75, 3.05) is 31.0 Å². The lowest BCUT2D eigenvalue weighted by Gasteiger charge is -2.10. The van der Waals surface area contributed by atoms with Crippen LogP contribution in [-0.2, 0) is 25.1 Å². The first-order valence-electron chi connectivity index (χ1n) is 10.1. The first-order chi connectivity index (χ1) is 15.9. The fourth-order valence-electron chi connectivity index (χ4n) is 2.98. The zero-order valence-corrected chi connectivity index (χ0v) is 18.8. The van der Waals surface area contributed by atoms with Crippen molar-refractivity contribution in [1.82, 2.24) is 0 Å². The Kier molecular flexibility index (Phi) is 8.17. The fourth-order valence-corrected chi connectivity index (χ4v) is 4.34. The van der Waals surface area contributed by atoms with Crippen LogP contribution in [0.15, 0.2) is 83.8 Å². The lowest BCUT2D eigenvalue weighted by Crippen LogP contribution is -2.17. The monoisotopic (exact) mass is 468 g/mol. The van der Waals surface area contributed by atoms with Gasteiger partial charge in [-0.2, -0.15) is 0 Å². The second-order valence-corrected chi connectivity index (χ2v) is 9.05. The van der Waals surface area contributed by atoms with Crippen molar-refractivity contribution in [1.29, 1.82) is 0 Å². The number of methoxy groups -OCH3 is 1. The van der Waals surface area contributed by atoms with Crippen LogP contribution in [0.1, 0.15) is 15.9 Å². The second kappa shape index (κ2) is 11.3. The van der Waals surface area contributed by atoms with Crippen LogP contribution in [0.2, 0.25) is 0 Å². The van der Waals surface area contributed by atoms with E-state index < -0.39 is 21.8 Å². The summed E-state index contributed by atoms with van der Waals surface area (Å²) in [6, 6.07) is 21.2. The number of benzene rings is 3. The highest BCUT2D eigenvalue weighted by Gasteiger charge is 2.16. The molecule has 0 unspecified atom stereocenters. The first kappa shape index (κ1) is 24.0. The third-order valence-electron chi connectivity index (χ3n) is 4.54. The van der Waals surface area contributed by atoms with Crippen molar-refractivity contribution in [2.45, 2.75) is 10.6 Å². The van der Waals surface area contributed by atoms with Gasteiger partial charge in [0.05, 0.1) is 17.3 Å². The van der Waals surface area contributed by atoms with Crippen molar-refractivity contribution < 1.29 is 27.5 Å².